The van der Waals surface area contributed by atoms with E-state index >= 15 is 0 Å². The third-order valence-corrected chi connectivity index (χ3v) is 3.13. The summed E-state index contributed by atoms with van der Waals surface area (Å²) in [6.45, 7) is 5.43. The van der Waals surface area contributed by atoms with Gasteiger partial charge >= 0.3 is 0 Å². The van der Waals surface area contributed by atoms with Gasteiger partial charge in [-0.05, 0) is 25.0 Å². The van der Waals surface area contributed by atoms with Crippen LogP contribution in [0.2, 0.25) is 0 Å². The molecule has 0 spiro atoms. The molecule has 0 saturated carbocycles. The summed E-state index contributed by atoms with van der Waals surface area (Å²) < 4.78 is 11.2. The van der Waals surface area contributed by atoms with Gasteiger partial charge in [-0.15, -0.1) is 0 Å². The SMILES string of the molecule is CCCC(O)(CCC)COc1cccc(OCCN)c1. The fraction of sp³-hybridized carbons (Fsp3) is 0.625. The number of aliphatic hydroxyl groups is 1. The lowest BCUT2D eigenvalue weighted by atomic mass is 9.94. The van der Waals surface area contributed by atoms with Crippen LogP contribution in [0.3, 0.4) is 0 Å². The molecule has 0 saturated heterocycles. The predicted octanol–water partition coefficient (Wildman–Crippen LogP) is 2.73. The lowest BCUT2D eigenvalue weighted by Gasteiger charge is -2.27. The van der Waals surface area contributed by atoms with Gasteiger partial charge in [-0.25, -0.2) is 0 Å². The normalized spacial score (nSPS) is 11.4. The van der Waals surface area contributed by atoms with Crippen molar-refractivity contribution in [2.24, 2.45) is 5.73 Å². The number of nitrogens with two attached hydrogens (primary N) is 1. The van der Waals surface area contributed by atoms with Gasteiger partial charge in [0, 0.05) is 12.6 Å². The van der Waals surface area contributed by atoms with Gasteiger partial charge in [-0.2, -0.15) is 0 Å². The van der Waals surface area contributed by atoms with Gasteiger partial charge in [0.1, 0.15) is 24.7 Å². The molecule has 4 heteroatoms. The maximum Gasteiger partial charge on any atom is 0.123 e. The lowest BCUT2D eigenvalue weighted by molar-refractivity contribution is -0.0202. The van der Waals surface area contributed by atoms with Crippen molar-refractivity contribution in [2.45, 2.75) is 45.1 Å². The van der Waals surface area contributed by atoms with E-state index in [0.717, 1.165) is 31.4 Å². The lowest BCUT2D eigenvalue weighted by Crippen LogP contribution is -2.35. The van der Waals surface area contributed by atoms with E-state index in [9.17, 15) is 5.11 Å². The van der Waals surface area contributed by atoms with E-state index in [1.165, 1.54) is 0 Å². The van der Waals surface area contributed by atoms with Crippen LogP contribution in [0.25, 0.3) is 0 Å². The van der Waals surface area contributed by atoms with Gasteiger partial charge in [-0.3, -0.25) is 0 Å². The summed E-state index contributed by atoms with van der Waals surface area (Å²) in [7, 11) is 0. The Morgan fingerprint density at radius 1 is 1.10 bits per heavy atom. The topological polar surface area (TPSA) is 64.7 Å². The van der Waals surface area contributed by atoms with Gasteiger partial charge in [0.25, 0.3) is 0 Å². The molecule has 0 fully saturated rings. The standard InChI is InChI=1S/C16H27NO3/c1-3-8-16(18,9-4-2)13-20-15-7-5-6-14(12-15)19-11-10-17/h5-7,12,18H,3-4,8-11,13,17H2,1-2H3. The van der Waals surface area contributed by atoms with E-state index in [-0.39, 0.29) is 0 Å². The summed E-state index contributed by atoms with van der Waals surface area (Å²) in [5, 5.41) is 10.5. The first-order valence-electron chi connectivity index (χ1n) is 7.41. The fourth-order valence-corrected chi connectivity index (χ4v) is 2.25. The Labute approximate surface area is 121 Å². The first kappa shape index (κ1) is 16.8. The summed E-state index contributed by atoms with van der Waals surface area (Å²) in [4.78, 5) is 0. The van der Waals surface area contributed by atoms with E-state index in [0.29, 0.717) is 25.5 Å². The van der Waals surface area contributed by atoms with Crippen molar-refractivity contribution in [1.82, 2.24) is 0 Å². The fourth-order valence-electron chi connectivity index (χ4n) is 2.25. The molecule has 0 atom stereocenters. The Morgan fingerprint density at radius 3 is 2.25 bits per heavy atom. The van der Waals surface area contributed by atoms with Crippen LogP contribution in [0.5, 0.6) is 11.5 Å². The van der Waals surface area contributed by atoms with Gasteiger partial charge in [0.2, 0.25) is 0 Å². The van der Waals surface area contributed by atoms with Crippen molar-refractivity contribution < 1.29 is 14.6 Å². The second kappa shape index (κ2) is 8.82. The maximum atomic E-state index is 10.5. The van der Waals surface area contributed by atoms with Crippen LogP contribution in [-0.2, 0) is 0 Å². The molecule has 0 bridgehead atoms. The minimum absolute atomic E-state index is 0.315. The summed E-state index contributed by atoms with van der Waals surface area (Å²) >= 11 is 0. The van der Waals surface area contributed by atoms with Gasteiger partial charge in [-0.1, -0.05) is 32.8 Å². The molecule has 3 N–H and O–H groups in total. The molecule has 0 amide bonds. The number of benzene rings is 1. The van der Waals surface area contributed by atoms with E-state index in [2.05, 4.69) is 13.8 Å². The predicted molar refractivity (Wildman–Crippen MR) is 81.3 cm³/mol. The zero-order valence-electron chi connectivity index (χ0n) is 12.6. The molecule has 1 rings (SSSR count). The van der Waals surface area contributed by atoms with Crippen molar-refractivity contribution in [3.8, 4) is 11.5 Å². The number of hydrogen-bond donors (Lipinski definition) is 2. The Balaban J connectivity index is 2.58. The number of rotatable bonds is 10. The summed E-state index contributed by atoms with van der Waals surface area (Å²) in [5.74, 6) is 1.45. The molecular weight excluding hydrogens is 254 g/mol. The quantitative estimate of drug-likeness (QED) is 0.692. The molecule has 1 aromatic rings. The Bertz CT molecular complexity index is 376. The highest BCUT2D eigenvalue weighted by atomic mass is 16.5. The summed E-state index contributed by atoms with van der Waals surface area (Å²) in [5.41, 5.74) is 4.67. The van der Waals surface area contributed by atoms with Crippen LogP contribution in [-0.4, -0.2) is 30.5 Å². The van der Waals surface area contributed by atoms with Gasteiger partial charge in [0.05, 0.1) is 5.60 Å². The molecule has 0 heterocycles. The van der Waals surface area contributed by atoms with E-state index in [4.69, 9.17) is 15.2 Å². The molecule has 4 nitrogen and oxygen atoms in total. The van der Waals surface area contributed by atoms with Crippen LogP contribution in [0, 0.1) is 0 Å². The van der Waals surface area contributed by atoms with Crippen LogP contribution in [0.1, 0.15) is 39.5 Å². The highest BCUT2D eigenvalue weighted by molar-refractivity contribution is 5.33. The average molecular weight is 281 g/mol. The second-order valence-electron chi connectivity index (χ2n) is 5.13. The molecule has 0 radical (unpaired) electrons. The molecule has 0 aliphatic rings. The monoisotopic (exact) mass is 281 g/mol. The van der Waals surface area contributed by atoms with E-state index in [1.54, 1.807) is 0 Å². The maximum absolute atomic E-state index is 10.5. The average Bonchev–Trinajstić information content (AvgIpc) is 2.44. The van der Waals surface area contributed by atoms with Crippen molar-refractivity contribution in [1.29, 1.82) is 0 Å². The molecular formula is C16H27NO3. The summed E-state index contributed by atoms with van der Waals surface area (Å²) in [6.07, 6.45) is 3.40. The molecule has 0 aliphatic heterocycles. The first-order chi connectivity index (χ1) is 9.63. The molecule has 20 heavy (non-hydrogen) atoms. The Morgan fingerprint density at radius 2 is 1.70 bits per heavy atom. The van der Waals surface area contributed by atoms with Crippen molar-refractivity contribution in [3.05, 3.63) is 24.3 Å². The highest BCUT2D eigenvalue weighted by Gasteiger charge is 2.25. The van der Waals surface area contributed by atoms with Crippen molar-refractivity contribution >= 4 is 0 Å². The Kier molecular flexibility index (Phi) is 7.41. The molecule has 0 aromatic heterocycles. The van der Waals surface area contributed by atoms with Crippen LogP contribution < -0.4 is 15.2 Å². The van der Waals surface area contributed by atoms with Crippen molar-refractivity contribution in [3.63, 3.8) is 0 Å². The smallest absolute Gasteiger partial charge is 0.123 e. The van der Waals surface area contributed by atoms with Crippen molar-refractivity contribution in [2.75, 3.05) is 19.8 Å². The molecule has 1 aromatic carbocycles. The first-order valence-corrected chi connectivity index (χ1v) is 7.41. The van der Waals surface area contributed by atoms with Crippen LogP contribution in [0.4, 0.5) is 0 Å². The summed E-state index contributed by atoms with van der Waals surface area (Å²) in [6, 6.07) is 7.44. The molecule has 0 aliphatic carbocycles. The Hall–Kier alpha value is -1.26. The third-order valence-electron chi connectivity index (χ3n) is 3.13. The zero-order valence-corrected chi connectivity index (χ0v) is 12.6. The molecule has 0 unspecified atom stereocenters. The minimum atomic E-state index is -0.738. The van der Waals surface area contributed by atoms with Crippen LogP contribution in [0.15, 0.2) is 24.3 Å². The van der Waals surface area contributed by atoms with Gasteiger partial charge in [0.15, 0.2) is 0 Å². The van der Waals surface area contributed by atoms with E-state index < -0.39 is 5.60 Å². The van der Waals surface area contributed by atoms with Gasteiger partial charge < -0.3 is 20.3 Å². The third kappa shape index (κ3) is 5.80. The van der Waals surface area contributed by atoms with Crippen LogP contribution >= 0.6 is 0 Å². The molecule has 114 valence electrons. The number of hydrogen-bond acceptors (Lipinski definition) is 4. The largest absolute Gasteiger partial charge is 0.492 e. The minimum Gasteiger partial charge on any atom is -0.492 e. The number of ether oxygens (including phenoxy) is 2. The zero-order chi connectivity index (χ0) is 14.8. The second-order valence-corrected chi connectivity index (χ2v) is 5.13. The van der Waals surface area contributed by atoms with E-state index in [1.807, 2.05) is 24.3 Å². The highest BCUT2D eigenvalue weighted by Crippen LogP contribution is 2.24.